The fraction of sp³-hybridized carbons (Fsp3) is 0.458. The van der Waals surface area contributed by atoms with E-state index in [1.165, 1.54) is 7.11 Å². The van der Waals surface area contributed by atoms with Gasteiger partial charge in [0, 0.05) is 24.2 Å². The second kappa shape index (κ2) is 8.66. The first-order valence-corrected chi connectivity index (χ1v) is 10.7. The Morgan fingerprint density at radius 3 is 2.77 bits per heavy atom. The zero-order chi connectivity index (χ0) is 21.1. The first-order valence-electron chi connectivity index (χ1n) is 10.7. The van der Waals surface area contributed by atoms with Crippen LogP contribution in [0.15, 0.2) is 48.5 Å². The highest BCUT2D eigenvalue weighted by atomic mass is 16.5. The highest BCUT2D eigenvalue weighted by molar-refractivity contribution is 5.92. The van der Waals surface area contributed by atoms with Crippen molar-refractivity contribution in [1.29, 1.82) is 0 Å². The van der Waals surface area contributed by atoms with Crippen LogP contribution in [0.3, 0.4) is 0 Å². The third kappa shape index (κ3) is 4.16. The van der Waals surface area contributed by atoms with E-state index in [0.717, 1.165) is 36.9 Å². The normalized spacial score (nSPS) is 26.6. The number of aromatic hydroxyl groups is 1. The Balaban J connectivity index is 1.62. The van der Waals surface area contributed by atoms with E-state index in [1.807, 2.05) is 42.5 Å². The van der Waals surface area contributed by atoms with Crippen molar-refractivity contribution in [3.8, 4) is 11.5 Å². The van der Waals surface area contributed by atoms with Gasteiger partial charge in [0.25, 0.3) is 0 Å². The minimum absolute atomic E-state index is 0.0405. The number of benzene rings is 2. The fourth-order valence-corrected chi connectivity index (χ4v) is 5.15. The third-order valence-corrected chi connectivity index (χ3v) is 6.62. The maximum Gasteiger partial charge on any atom is 0.238 e. The second-order valence-corrected chi connectivity index (χ2v) is 8.47. The number of methoxy groups -OCH3 is 1. The van der Waals surface area contributed by atoms with Crippen molar-refractivity contribution in [2.45, 2.75) is 43.7 Å². The van der Waals surface area contributed by atoms with E-state index >= 15 is 0 Å². The molecule has 2 unspecified atom stereocenters. The van der Waals surface area contributed by atoms with E-state index in [2.05, 4.69) is 10.2 Å². The number of amides is 1. The molecule has 2 aromatic rings. The van der Waals surface area contributed by atoms with Crippen LogP contribution in [0.5, 0.6) is 11.5 Å². The number of aliphatic hydroxyl groups is 1. The van der Waals surface area contributed by atoms with Crippen LogP contribution in [0.25, 0.3) is 0 Å². The molecule has 1 aliphatic heterocycles. The molecule has 1 amide bonds. The molecule has 1 saturated carbocycles. The minimum atomic E-state index is -0.708. The number of nitrogens with zero attached hydrogens (tertiary/aromatic N) is 1. The highest BCUT2D eigenvalue weighted by Crippen LogP contribution is 2.50. The van der Waals surface area contributed by atoms with Crippen molar-refractivity contribution in [1.82, 2.24) is 4.90 Å². The molecule has 0 bridgehead atoms. The van der Waals surface area contributed by atoms with Gasteiger partial charge in [-0.3, -0.25) is 9.69 Å². The van der Waals surface area contributed by atoms with Crippen molar-refractivity contribution in [3.05, 3.63) is 54.1 Å². The summed E-state index contributed by atoms with van der Waals surface area (Å²) in [6.07, 6.45) is 4.49. The fourth-order valence-electron chi connectivity index (χ4n) is 5.15. The Hall–Kier alpha value is -2.57. The first kappa shape index (κ1) is 20.7. The van der Waals surface area contributed by atoms with Crippen LogP contribution in [0.2, 0.25) is 0 Å². The van der Waals surface area contributed by atoms with Crippen LogP contribution >= 0.6 is 0 Å². The van der Waals surface area contributed by atoms with Gasteiger partial charge < -0.3 is 20.3 Å². The molecular weight excluding hydrogens is 380 g/mol. The Labute approximate surface area is 177 Å². The number of para-hydroxylation sites is 1. The van der Waals surface area contributed by atoms with E-state index in [4.69, 9.17) is 4.74 Å². The molecule has 2 aromatic carbocycles. The van der Waals surface area contributed by atoms with Crippen molar-refractivity contribution < 1.29 is 19.7 Å². The number of carbonyl (C=O) groups is 1. The topological polar surface area (TPSA) is 82.0 Å². The van der Waals surface area contributed by atoms with E-state index in [-0.39, 0.29) is 30.2 Å². The average molecular weight is 411 g/mol. The summed E-state index contributed by atoms with van der Waals surface area (Å²) in [5.41, 5.74) is 1.03. The summed E-state index contributed by atoms with van der Waals surface area (Å²) in [6, 6.07) is 14.7. The van der Waals surface area contributed by atoms with Crippen LogP contribution in [0.4, 0.5) is 5.69 Å². The van der Waals surface area contributed by atoms with Gasteiger partial charge in [0.2, 0.25) is 5.91 Å². The predicted octanol–water partition coefficient (Wildman–Crippen LogP) is 3.71. The van der Waals surface area contributed by atoms with E-state index in [0.29, 0.717) is 18.7 Å². The Morgan fingerprint density at radius 2 is 2.00 bits per heavy atom. The lowest BCUT2D eigenvalue weighted by molar-refractivity contribution is -0.135. The summed E-state index contributed by atoms with van der Waals surface area (Å²) >= 11 is 0. The van der Waals surface area contributed by atoms with Gasteiger partial charge in [0.15, 0.2) is 11.5 Å². The third-order valence-electron chi connectivity index (χ3n) is 6.62. The Bertz CT molecular complexity index is 888. The molecule has 6 heteroatoms. The molecule has 0 radical (unpaired) electrons. The number of carbonyl (C=O) groups excluding carboxylic acids is 1. The van der Waals surface area contributed by atoms with E-state index in [1.54, 1.807) is 6.07 Å². The lowest BCUT2D eigenvalue weighted by Gasteiger charge is -2.52. The highest BCUT2D eigenvalue weighted by Gasteiger charge is 2.49. The largest absolute Gasteiger partial charge is 0.504 e. The molecule has 4 rings (SSSR count). The lowest BCUT2D eigenvalue weighted by atomic mass is 9.66. The SMILES string of the molecule is COc1cc([C@H]2C3CCCCC3(O)CCN2CC(=O)Nc2ccccc2)ccc1O. The Kier molecular flexibility index (Phi) is 5.97. The van der Waals surface area contributed by atoms with Crippen LogP contribution in [0, 0.1) is 5.92 Å². The van der Waals surface area contributed by atoms with Crippen LogP contribution in [0.1, 0.15) is 43.7 Å². The molecule has 160 valence electrons. The summed E-state index contributed by atoms with van der Waals surface area (Å²) in [4.78, 5) is 15.0. The quantitative estimate of drug-likeness (QED) is 0.700. The van der Waals surface area contributed by atoms with Gasteiger partial charge in [-0.15, -0.1) is 0 Å². The average Bonchev–Trinajstić information content (AvgIpc) is 2.75. The van der Waals surface area contributed by atoms with Gasteiger partial charge in [-0.1, -0.05) is 37.1 Å². The van der Waals surface area contributed by atoms with Crippen LogP contribution < -0.4 is 10.1 Å². The van der Waals surface area contributed by atoms with Crippen LogP contribution in [-0.4, -0.2) is 46.8 Å². The zero-order valence-corrected chi connectivity index (χ0v) is 17.4. The molecule has 1 saturated heterocycles. The standard InChI is InChI=1S/C24H30N2O4/c1-30-21-15-17(10-11-20(21)27)23-19-9-5-6-12-24(19,29)13-14-26(23)16-22(28)25-18-7-3-2-4-8-18/h2-4,7-8,10-11,15,19,23,27,29H,5-6,9,12-14,16H2,1H3,(H,25,28)/t19?,23-,24?/m0/s1. The lowest BCUT2D eigenvalue weighted by Crippen LogP contribution is -2.56. The number of hydrogen-bond donors (Lipinski definition) is 3. The number of phenolic OH excluding ortho intramolecular Hbond substituents is 1. The molecule has 2 fully saturated rings. The maximum absolute atomic E-state index is 12.8. The van der Waals surface area contributed by atoms with E-state index in [9.17, 15) is 15.0 Å². The number of nitrogens with one attached hydrogen (secondary N) is 1. The van der Waals surface area contributed by atoms with Gasteiger partial charge in [-0.25, -0.2) is 0 Å². The summed E-state index contributed by atoms with van der Waals surface area (Å²) in [6.45, 7) is 0.887. The van der Waals surface area contributed by atoms with Gasteiger partial charge in [-0.05, 0) is 49.1 Å². The molecule has 0 spiro atoms. The molecule has 3 N–H and O–H groups in total. The molecule has 1 heterocycles. The number of likely N-dealkylation sites (tertiary alicyclic amines) is 1. The van der Waals surface area contributed by atoms with Gasteiger partial charge in [0.05, 0.1) is 19.3 Å². The summed E-state index contributed by atoms with van der Waals surface area (Å²) < 4.78 is 5.32. The smallest absolute Gasteiger partial charge is 0.238 e. The molecular formula is C24H30N2O4. The number of rotatable bonds is 5. The number of hydrogen-bond acceptors (Lipinski definition) is 5. The summed E-state index contributed by atoms with van der Waals surface area (Å²) in [7, 11) is 1.53. The molecule has 2 aliphatic rings. The van der Waals surface area contributed by atoms with Crippen molar-refractivity contribution in [2.24, 2.45) is 5.92 Å². The van der Waals surface area contributed by atoms with Crippen molar-refractivity contribution >= 4 is 11.6 Å². The zero-order valence-electron chi connectivity index (χ0n) is 17.4. The molecule has 3 atom stereocenters. The first-order chi connectivity index (χ1) is 14.5. The minimum Gasteiger partial charge on any atom is -0.504 e. The van der Waals surface area contributed by atoms with E-state index < -0.39 is 5.60 Å². The summed E-state index contributed by atoms with van der Waals surface area (Å²) in [5, 5.41) is 24.4. The van der Waals surface area contributed by atoms with Gasteiger partial charge in [-0.2, -0.15) is 0 Å². The van der Waals surface area contributed by atoms with Crippen molar-refractivity contribution in [3.63, 3.8) is 0 Å². The number of fused-ring (bicyclic) bond motifs is 1. The predicted molar refractivity (Wildman–Crippen MR) is 116 cm³/mol. The summed E-state index contributed by atoms with van der Waals surface area (Å²) in [5.74, 6) is 0.465. The maximum atomic E-state index is 12.8. The number of piperidine rings is 1. The van der Waals surface area contributed by atoms with Gasteiger partial charge >= 0.3 is 0 Å². The molecule has 6 nitrogen and oxygen atoms in total. The second-order valence-electron chi connectivity index (χ2n) is 8.47. The Morgan fingerprint density at radius 1 is 1.20 bits per heavy atom. The van der Waals surface area contributed by atoms with Crippen molar-refractivity contribution in [2.75, 3.05) is 25.5 Å². The monoisotopic (exact) mass is 410 g/mol. The number of ether oxygens (including phenoxy) is 1. The van der Waals surface area contributed by atoms with Gasteiger partial charge in [0.1, 0.15) is 0 Å². The number of phenols is 1. The molecule has 0 aromatic heterocycles. The number of anilines is 1. The molecule has 30 heavy (non-hydrogen) atoms. The van der Waals surface area contributed by atoms with Crippen LogP contribution in [-0.2, 0) is 4.79 Å². The molecule has 1 aliphatic carbocycles.